The van der Waals surface area contributed by atoms with Gasteiger partial charge in [0.25, 0.3) is 5.91 Å². The second-order valence-electron chi connectivity index (χ2n) is 9.08. The molecule has 0 spiro atoms. The predicted molar refractivity (Wildman–Crippen MR) is 127 cm³/mol. The van der Waals surface area contributed by atoms with E-state index in [-0.39, 0.29) is 11.9 Å². The first-order valence-electron chi connectivity index (χ1n) is 11.6. The summed E-state index contributed by atoms with van der Waals surface area (Å²) < 4.78 is 44.7. The maximum Gasteiger partial charge on any atom is 0.416 e. The Balaban J connectivity index is 1.39. The minimum absolute atomic E-state index is 0.224. The van der Waals surface area contributed by atoms with Crippen LogP contribution in [0.2, 0.25) is 0 Å². The fourth-order valence-electron chi connectivity index (χ4n) is 4.99. The van der Waals surface area contributed by atoms with Crippen molar-refractivity contribution >= 4 is 27.8 Å². The number of halogens is 3. The summed E-state index contributed by atoms with van der Waals surface area (Å²) >= 11 is 0. The summed E-state index contributed by atoms with van der Waals surface area (Å²) in [5.41, 5.74) is 1.66. The molecule has 1 atom stereocenters. The van der Waals surface area contributed by atoms with Gasteiger partial charge in [-0.15, -0.1) is 10.2 Å². The Kier molecular flexibility index (Phi) is 4.92. The second-order valence-corrected chi connectivity index (χ2v) is 9.08. The van der Waals surface area contributed by atoms with E-state index in [4.69, 9.17) is 0 Å². The topological polar surface area (TPSA) is 82.6 Å². The molecule has 11 heteroatoms. The molecule has 5 aromatic rings. The first-order chi connectivity index (χ1) is 17.2. The number of hydrogen-bond donors (Lipinski definition) is 1. The van der Waals surface area contributed by atoms with Crippen LogP contribution in [0.4, 0.5) is 13.2 Å². The van der Waals surface area contributed by atoms with Crippen LogP contribution in [0.25, 0.3) is 27.6 Å². The molecule has 2 aromatic carbocycles. The molecule has 8 nitrogen and oxygen atoms in total. The summed E-state index contributed by atoms with van der Waals surface area (Å²) in [4.78, 5) is 13.2. The van der Waals surface area contributed by atoms with Crippen LogP contribution in [0.5, 0.6) is 0 Å². The van der Waals surface area contributed by atoms with E-state index < -0.39 is 11.7 Å². The summed E-state index contributed by atoms with van der Waals surface area (Å²) in [6.07, 6.45) is -0.873. The lowest BCUT2D eigenvalue weighted by Crippen LogP contribution is -2.33. The number of aromatic nitrogens is 6. The highest BCUT2D eigenvalue weighted by molar-refractivity contribution is 6.10. The standard InChI is InChI=1S/C25H22F3N7O/c1-14-30-31-23-20(4-3-11-34(14)23)29-24(36)15-5-10-21-18(12-15)19-13-33(2)32-22(19)35(21)17-8-6-16(7-9-17)25(26,27)28/h5-10,12-13,20H,3-4,11H2,1-2H3,(H,29,36). The molecule has 0 radical (unpaired) electrons. The van der Waals surface area contributed by atoms with Crippen molar-refractivity contribution in [3.05, 3.63) is 71.4 Å². The van der Waals surface area contributed by atoms with Crippen LogP contribution in [0.1, 0.15) is 46.5 Å². The van der Waals surface area contributed by atoms with Crippen LogP contribution in [-0.2, 0) is 19.8 Å². The molecule has 0 bridgehead atoms. The van der Waals surface area contributed by atoms with Crippen molar-refractivity contribution < 1.29 is 18.0 Å². The summed E-state index contributed by atoms with van der Waals surface area (Å²) in [5, 5.41) is 17.6. The van der Waals surface area contributed by atoms with E-state index in [0.717, 1.165) is 59.5 Å². The Morgan fingerprint density at radius 3 is 2.61 bits per heavy atom. The van der Waals surface area contributed by atoms with Crippen molar-refractivity contribution in [1.29, 1.82) is 0 Å². The van der Waals surface area contributed by atoms with Crippen LogP contribution in [-0.4, -0.2) is 35.0 Å². The SMILES string of the molecule is Cc1nnc2n1CCCC2NC(=O)c1ccc2c(c1)c1cn(C)nc1n2-c1ccc(C(F)(F)F)cc1. The molecule has 4 heterocycles. The molecule has 1 N–H and O–H groups in total. The minimum atomic E-state index is -4.41. The number of benzene rings is 2. The van der Waals surface area contributed by atoms with Crippen LogP contribution in [0.15, 0.2) is 48.7 Å². The van der Waals surface area contributed by atoms with Crippen molar-refractivity contribution in [2.24, 2.45) is 7.05 Å². The molecule has 1 unspecified atom stereocenters. The summed E-state index contributed by atoms with van der Waals surface area (Å²) in [7, 11) is 1.78. The number of rotatable bonds is 3. The summed E-state index contributed by atoms with van der Waals surface area (Å²) in [5.74, 6) is 1.36. The Morgan fingerprint density at radius 2 is 1.86 bits per heavy atom. The maximum absolute atomic E-state index is 13.2. The van der Waals surface area contributed by atoms with E-state index in [1.807, 2.05) is 17.7 Å². The third-order valence-electron chi connectivity index (χ3n) is 6.72. The Bertz CT molecular complexity index is 1630. The van der Waals surface area contributed by atoms with Gasteiger partial charge in [-0.3, -0.25) is 14.0 Å². The third kappa shape index (κ3) is 3.53. The van der Waals surface area contributed by atoms with E-state index in [0.29, 0.717) is 16.9 Å². The van der Waals surface area contributed by atoms with E-state index in [2.05, 4.69) is 20.6 Å². The van der Waals surface area contributed by atoms with Crippen molar-refractivity contribution in [2.45, 2.75) is 38.5 Å². The van der Waals surface area contributed by atoms with Gasteiger partial charge in [0, 0.05) is 41.8 Å². The Labute approximate surface area is 203 Å². The highest BCUT2D eigenvalue weighted by Crippen LogP contribution is 2.34. The Hall–Kier alpha value is -4.15. The lowest BCUT2D eigenvalue weighted by Gasteiger charge is -2.24. The van der Waals surface area contributed by atoms with Gasteiger partial charge >= 0.3 is 6.18 Å². The zero-order valence-electron chi connectivity index (χ0n) is 19.5. The number of hydrogen-bond acceptors (Lipinski definition) is 4. The normalized spacial score (nSPS) is 16.0. The Morgan fingerprint density at radius 1 is 1.08 bits per heavy atom. The molecular weight excluding hydrogens is 471 g/mol. The molecule has 0 saturated heterocycles. The molecule has 36 heavy (non-hydrogen) atoms. The smallest absolute Gasteiger partial charge is 0.342 e. The van der Waals surface area contributed by atoms with Crippen LogP contribution >= 0.6 is 0 Å². The van der Waals surface area contributed by atoms with E-state index in [9.17, 15) is 18.0 Å². The van der Waals surface area contributed by atoms with Crippen LogP contribution in [0, 0.1) is 6.92 Å². The average Bonchev–Trinajstić information content (AvgIpc) is 3.50. The number of amides is 1. The maximum atomic E-state index is 13.2. The molecule has 1 amide bonds. The fourth-order valence-corrected chi connectivity index (χ4v) is 4.99. The zero-order chi connectivity index (χ0) is 25.2. The highest BCUT2D eigenvalue weighted by Gasteiger charge is 2.30. The molecule has 184 valence electrons. The van der Waals surface area contributed by atoms with Crippen molar-refractivity contribution in [2.75, 3.05) is 0 Å². The van der Waals surface area contributed by atoms with Gasteiger partial charge in [0.1, 0.15) is 5.82 Å². The molecule has 1 aliphatic heterocycles. The van der Waals surface area contributed by atoms with Gasteiger partial charge in [-0.2, -0.15) is 18.3 Å². The molecule has 3 aromatic heterocycles. The number of carbonyl (C=O) groups is 1. The van der Waals surface area contributed by atoms with Crippen LogP contribution < -0.4 is 5.32 Å². The van der Waals surface area contributed by atoms with E-state index >= 15 is 0 Å². The first kappa shape index (κ1) is 22.3. The van der Waals surface area contributed by atoms with E-state index in [1.54, 1.807) is 34.5 Å². The number of nitrogens with one attached hydrogen (secondary N) is 1. The van der Waals surface area contributed by atoms with Crippen molar-refractivity contribution in [3.63, 3.8) is 0 Å². The average molecular weight is 493 g/mol. The second kappa shape index (κ2) is 7.94. The molecule has 0 fully saturated rings. The molecule has 6 rings (SSSR count). The molecule has 0 saturated carbocycles. The number of alkyl halides is 3. The fraction of sp³-hybridized carbons (Fsp3) is 0.280. The van der Waals surface area contributed by atoms with Gasteiger partial charge in [-0.1, -0.05) is 0 Å². The van der Waals surface area contributed by atoms with Gasteiger partial charge < -0.3 is 9.88 Å². The zero-order valence-corrected chi connectivity index (χ0v) is 19.5. The monoisotopic (exact) mass is 493 g/mol. The lowest BCUT2D eigenvalue weighted by atomic mass is 10.1. The lowest BCUT2D eigenvalue weighted by molar-refractivity contribution is -0.137. The van der Waals surface area contributed by atoms with Gasteiger partial charge in [-0.05, 0) is 62.2 Å². The quantitative estimate of drug-likeness (QED) is 0.395. The number of fused-ring (bicyclic) bond motifs is 4. The highest BCUT2D eigenvalue weighted by atomic mass is 19.4. The van der Waals surface area contributed by atoms with Crippen molar-refractivity contribution in [3.8, 4) is 5.69 Å². The van der Waals surface area contributed by atoms with Gasteiger partial charge in [0.05, 0.1) is 17.1 Å². The van der Waals surface area contributed by atoms with Gasteiger partial charge in [0.2, 0.25) is 0 Å². The minimum Gasteiger partial charge on any atom is -0.342 e. The predicted octanol–water partition coefficient (Wildman–Crippen LogP) is 4.70. The third-order valence-corrected chi connectivity index (χ3v) is 6.72. The van der Waals surface area contributed by atoms with Gasteiger partial charge in [-0.25, -0.2) is 0 Å². The van der Waals surface area contributed by atoms with Gasteiger partial charge in [0.15, 0.2) is 11.5 Å². The number of carbonyl (C=O) groups excluding carboxylic acids is 1. The number of aryl methyl sites for hydroxylation is 2. The summed E-state index contributed by atoms with van der Waals surface area (Å²) in [6, 6.07) is 10.1. The molecular formula is C25H22F3N7O. The van der Waals surface area contributed by atoms with Crippen LogP contribution in [0.3, 0.4) is 0 Å². The molecule has 1 aliphatic rings. The first-order valence-corrected chi connectivity index (χ1v) is 11.6. The largest absolute Gasteiger partial charge is 0.416 e. The van der Waals surface area contributed by atoms with E-state index in [1.165, 1.54) is 12.1 Å². The summed E-state index contributed by atoms with van der Waals surface area (Å²) in [6.45, 7) is 2.73. The number of nitrogens with zero attached hydrogens (tertiary/aromatic N) is 6. The molecule has 0 aliphatic carbocycles. The van der Waals surface area contributed by atoms with Crippen molar-refractivity contribution in [1.82, 2.24) is 34.4 Å².